The summed E-state index contributed by atoms with van der Waals surface area (Å²) in [6, 6.07) is 8.67. The second-order valence-corrected chi connectivity index (χ2v) is 7.16. The topological polar surface area (TPSA) is 70.4 Å². The zero-order chi connectivity index (χ0) is 17.1. The van der Waals surface area contributed by atoms with Crippen molar-refractivity contribution in [1.29, 1.82) is 0 Å². The van der Waals surface area contributed by atoms with E-state index in [1.807, 2.05) is 24.3 Å². The van der Waals surface area contributed by atoms with Gasteiger partial charge in [0.05, 0.1) is 6.42 Å². The Hall–Kier alpha value is -1.92. The van der Waals surface area contributed by atoms with Crippen molar-refractivity contribution < 1.29 is 9.32 Å². The fraction of sp³-hybridized carbons (Fsp3) is 0.579. The molecule has 4 rings (SSSR count). The third-order valence-corrected chi connectivity index (χ3v) is 5.51. The highest BCUT2D eigenvalue weighted by atomic mass is 16.5. The largest absolute Gasteiger partial charge is 0.356 e. The molecule has 2 fully saturated rings. The Morgan fingerprint density at radius 1 is 1.20 bits per heavy atom. The van der Waals surface area contributed by atoms with E-state index in [2.05, 4.69) is 20.7 Å². The predicted octanol–water partition coefficient (Wildman–Crippen LogP) is 1.70. The van der Waals surface area contributed by atoms with Crippen LogP contribution in [0, 0.1) is 0 Å². The molecule has 1 amide bonds. The molecular weight excluding hydrogens is 316 g/mol. The molecule has 0 radical (unpaired) electrons. The molecular formula is C19H26N4O2. The maximum Gasteiger partial charge on any atom is 0.226 e. The minimum atomic E-state index is 0.0460. The molecule has 1 aliphatic carbocycles. The first kappa shape index (κ1) is 16.5. The average Bonchev–Trinajstić information content (AvgIpc) is 3.06. The minimum Gasteiger partial charge on any atom is -0.356 e. The van der Waals surface area contributed by atoms with E-state index < -0.39 is 0 Å². The number of nitrogens with one attached hydrogen (secondary N) is 2. The lowest BCUT2D eigenvalue weighted by molar-refractivity contribution is -0.121. The number of hydrogen-bond donors (Lipinski definition) is 2. The summed E-state index contributed by atoms with van der Waals surface area (Å²) in [5, 5.41) is 11.6. The summed E-state index contributed by atoms with van der Waals surface area (Å²) in [6.45, 7) is 4.51. The van der Waals surface area contributed by atoms with Gasteiger partial charge in [0, 0.05) is 43.6 Å². The zero-order valence-electron chi connectivity index (χ0n) is 14.5. The van der Waals surface area contributed by atoms with E-state index in [9.17, 15) is 4.79 Å². The van der Waals surface area contributed by atoms with Gasteiger partial charge >= 0.3 is 0 Å². The molecule has 1 saturated heterocycles. The highest BCUT2D eigenvalue weighted by molar-refractivity contribution is 5.86. The number of carbonyl (C=O) groups excluding carboxylic acids is 1. The molecule has 0 unspecified atom stereocenters. The van der Waals surface area contributed by atoms with Gasteiger partial charge in [0.1, 0.15) is 5.69 Å². The lowest BCUT2D eigenvalue weighted by atomic mass is 9.89. The van der Waals surface area contributed by atoms with Gasteiger partial charge in [-0.1, -0.05) is 17.3 Å². The lowest BCUT2D eigenvalue weighted by Crippen LogP contribution is -2.51. The SMILES string of the molecule is O=C(Cc1noc2ccccc12)NC1CCC(N2CCNCC2)CC1. The van der Waals surface area contributed by atoms with Crippen LogP contribution in [0.5, 0.6) is 0 Å². The van der Waals surface area contributed by atoms with Crippen molar-refractivity contribution >= 4 is 16.9 Å². The number of fused-ring (bicyclic) bond motifs is 1. The van der Waals surface area contributed by atoms with Gasteiger partial charge in [0.2, 0.25) is 5.91 Å². The highest BCUT2D eigenvalue weighted by Crippen LogP contribution is 2.24. The normalized spacial score (nSPS) is 25.1. The van der Waals surface area contributed by atoms with Crippen LogP contribution in [0.25, 0.3) is 11.0 Å². The predicted molar refractivity (Wildman–Crippen MR) is 96.3 cm³/mol. The fourth-order valence-electron chi connectivity index (χ4n) is 4.13. The van der Waals surface area contributed by atoms with Crippen LogP contribution in [-0.2, 0) is 11.2 Å². The number of carbonyl (C=O) groups is 1. The summed E-state index contributed by atoms with van der Waals surface area (Å²) in [4.78, 5) is 15.0. The van der Waals surface area contributed by atoms with Gasteiger partial charge in [-0.2, -0.15) is 0 Å². The molecule has 2 N–H and O–H groups in total. The Labute approximate surface area is 147 Å². The molecule has 25 heavy (non-hydrogen) atoms. The van der Waals surface area contributed by atoms with E-state index in [-0.39, 0.29) is 12.3 Å². The van der Waals surface area contributed by atoms with Crippen LogP contribution in [0.4, 0.5) is 0 Å². The Bertz CT molecular complexity index is 715. The average molecular weight is 342 g/mol. The molecule has 1 aromatic heterocycles. The molecule has 0 atom stereocenters. The lowest BCUT2D eigenvalue weighted by Gasteiger charge is -2.39. The van der Waals surface area contributed by atoms with Gasteiger partial charge in [-0.25, -0.2) is 0 Å². The van der Waals surface area contributed by atoms with Gasteiger partial charge in [0.25, 0.3) is 0 Å². The Morgan fingerprint density at radius 2 is 1.96 bits per heavy atom. The highest BCUT2D eigenvalue weighted by Gasteiger charge is 2.27. The van der Waals surface area contributed by atoms with Crippen LogP contribution < -0.4 is 10.6 Å². The number of benzene rings is 1. The van der Waals surface area contributed by atoms with Crippen molar-refractivity contribution in [3.05, 3.63) is 30.0 Å². The molecule has 2 aliphatic rings. The van der Waals surface area contributed by atoms with Crippen LogP contribution >= 0.6 is 0 Å². The maximum absolute atomic E-state index is 12.4. The summed E-state index contributed by atoms with van der Waals surface area (Å²) in [5.74, 6) is 0.0460. The quantitative estimate of drug-likeness (QED) is 0.885. The summed E-state index contributed by atoms with van der Waals surface area (Å²) >= 11 is 0. The first-order valence-corrected chi connectivity index (χ1v) is 9.37. The first-order chi connectivity index (χ1) is 12.3. The number of nitrogens with zero attached hydrogens (tertiary/aromatic N) is 2. The monoisotopic (exact) mass is 342 g/mol. The van der Waals surface area contributed by atoms with Crippen molar-refractivity contribution in [3.63, 3.8) is 0 Å². The standard InChI is InChI=1S/C19H26N4O2/c24-19(13-17-16-3-1-2-4-18(16)25-22-17)21-14-5-7-15(8-6-14)23-11-9-20-10-12-23/h1-4,14-15,20H,5-13H2,(H,21,24). The Morgan fingerprint density at radius 3 is 2.76 bits per heavy atom. The molecule has 6 nitrogen and oxygen atoms in total. The van der Waals surface area contributed by atoms with E-state index in [1.54, 1.807) is 0 Å². The number of amides is 1. The van der Waals surface area contributed by atoms with Gasteiger partial charge in [-0.05, 0) is 37.8 Å². The molecule has 1 aromatic carbocycles. The molecule has 0 bridgehead atoms. The number of hydrogen-bond acceptors (Lipinski definition) is 5. The third kappa shape index (κ3) is 3.85. The number of rotatable bonds is 4. The number of piperazine rings is 1. The first-order valence-electron chi connectivity index (χ1n) is 9.37. The molecule has 1 aliphatic heterocycles. The van der Waals surface area contributed by atoms with Crippen LogP contribution in [0.1, 0.15) is 31.4 Å². The summed E-state index contributed by atoms with van der Waals surface area (Å²) in [6.07, 6.45) is 4.78. The van der Waals surface area contributed by atoms with Gasteiger partial charge in [-0.3, -0.25) is 9.69 Å². The number of para-hydroxylation sites is 1. The molecule has 0 spiro atoms. The zero-order valence-corrected chi connectivity index (χ0v) is 14.5. The van der Waals surface area contributed by atoms with Crippen molar-refractivity contribution in [3.8, 4) is 0 Å². The Balaban J connectivity index is 1.27. The summed E-state index contributed by atoms with van der Waals surface area (Å²) in [7, 11) is 0. The van der Waals surface area contributed by atoms with E-state index in [1.165, 1.54) is 12.8 Å². The van der Waals surface area contributed by atoms with Gasteiger partial charge < -0.3 is 15.2 Å². The van der Waals surface area contributed by atoms with Crippen molar-refractivity contribution in [1.82, 2.24) is 20.7 Å². The van der Waals surface area contributed by atoms with Crippen LogP contribution in [0.15, 0.2) is 28.8 Å². The number of aromatic nitrogens is 1. The van der Waals surface area contributed by atoms with Gasteiger partial charge in [-0.15, -0.1) is 0 Å². The van der Waals surface area contributed by atoms with E-state index >= 15 is 0 Å². The maximum atomic E-state index is 12.4. The van der Waals surface area contributed by atoms with Crippen molar-refractivity contribution in [2.75, 3.05) is 26.2 Å². The third-order valence-electron chi connectivity index (χ3n) is 5.51. The van der Waals surface area contributed by atoms with Crippen molar-refractivity contribution in [2.45, 2.75) is 44.2 Å². The van der Waals surface area contributed by atoms with Gasteiger partial charge in [0.15, 0.2) is 5.58 Å². The smallest absolute Gasteiger partial charge is 0.226 e. The molecule has 1 saturated carbocycles. The summed E-state index contributed by atoms with van der Waals surface area (Å²) < 4.78 is 5.28. The Kier molecular flexibility index (Phi) is 4.99. The van der Waals surface area contributed by atoms with E-state index in [4.69, 9.17) is 4.52 Å². The van der Waals surface area contributed by atoms with E-state index in [0.29, 0.717) is 12.1 Å². The van der Waals surface area contributed by atoms with Crippen molar-refractivity contribution in [2.24, 2.45) is 0 Å². The van der Waals surface area contributed by atoms with Crippen LogP contribution in [-0.4, -0.2) is 54.2 Å². The molecule has 134 valence electrons. The molecule has 2 heterocycles. The molecule has 2 aromatic rings. The molecule has 6 heteroatoms. The van der Waals surface area contributed by atoms with Crippen LogP contribution in [0.2, 0.25) is 0 Å². The second-order valence-electron chi connectivity index (χ2n) is 7.16. The summed E-state index contributed by atoms with van der Waals surface area (Å²) in [5.41, 5.74) is 1.46. The minimum absolute atomic E-state index is 0.0460. The second kappa shape index (κ2) is 7.54. The fourth-order valence-corrected chi connectivity index (χ4v) is 4.13. The van der Waals surface area contributed by atoms with E-state index in [0.717, 1.165) is 55.7 Å². The van der Waals surface area contributed by atoms with Crippen LogP contribution in [0.3, 0.4) is 0 Å².